The quantitative estimate of drug-likeness (QED) is 0.843. The predicted octanol–water partition coefficient (Wildman–Crippen LogP) is 2.27. The van der Waals surface area contributed by atoms with Crippen molar-refractivity contribution in [3.63, 3.8) is 0 Å². The Hall–Kier alpha value is -1.88. The molecule has 1 N–H and O–H groups in total. The molecule has 1 aromatic rings. The molecule has 2 fully saturated rings. The highest BCUT2D eigenvalue weighted by Crippen LogP contribution is 2.22. The SMILES string of the molecule is CC1(C)NC(=O)N(CCN2CCC(Cc3ccccc3)CC2)C1=O. The number of piperidine rings is 1. The molecule has 5 heteroatoms. The van der Waals surface area contributed by atoms with Crippen molar-refractivity contribution in [3.8, 4) is 0 Å². The minimum Gasteiger partial charge on any atom is -0.324 e. The fourth-order valence-corrected chi connectivity index (χ4v) is 3.62. The fourth-order valence-electron chi connectivity index (χ4n) is 3.62. The molecule has 130 valence electrons. The van der Waals surface area contributed by atoms with Gasteiger partial charge in [-0.1, -0.05) is 30.3 Å². The van der Waals surface area contributed by atoms with Crippen LogP contribution >= 0.6 is 0 Å². The van der Waals surface area contributed by atoms with Crippen molar-refractivity contribution >= 4 is 11.9 Å². The van der Waals surface area contributed by atoms with Gasteiger partial charge in [0.1, 0.15) is 5.54 Å². The number of likely N-dealkylation sites (tertiary alicyclic amines) is 1. The highest BCUT2D eigenvalue weighted by Gasteiger charge is 2.44. The minimum atomic E-state index is -0.764. The Morgan fingerprint density at radius 1 is 1.08 bits per heavy atom. The lowest BCUT2D eigenvalue weighted by molar-refractivity contribution is -0.130. The van der Waals surface area contributed by atoms with Gasteiger partial charge in [-0.15, -0.1) is 0 Å². The standard InChI is InChI=1S/C19H27N3O2/c1-19(2)17(23)22(18(24)20-19)13-12-21-10-8-16(9-11-21)14-15-6-4-3-5-7-15/h3-7,16H,8-14H2,1-2H3,(H,20,24). The smallest absolute Gasteiger partial charge is 0.324 e. The molecular formula is C19H27N3O2. The van der Waals surface area contributed by atoms with E-state index in [0.717, 1.165) is 32.0 Å². The topological polar surface area (TPSA) is 52.7 Å². The second-order valence-corrected chi connectivity index (χ2v) is 7.49. The molecule has 0 radical (unpaired) electrons. The number of nitrogens with one attached hydrogen (secondary N) is 1. The van der Waals surface area contributed by atoms with Crippen molar-refractivity contribution in [2.24, 2.45) is 5.92 Å². The summed E-state index contributed by atoms with van der Waals surface area (Å²) in [7, 11) is 0. The maximum atomic E-state index is 12.2. The monoisotopic (exact) mass is 329 g/mol. The van der Waals surface area contributed by atoms with E-state index in [-0.39, 0.29) is 11.9 Å². The van der Waals surface area contributed by atoms with E-state index in [1.165, 1.54) is 23.3 Å². The number of imide groups is 1. The van der Waals surface area contributed by atoms with Crippen LogP contribution in [-0.4, -0.2) is 53.5 Å². The van der Waals surface area contributed by atoms with Crippen LogP contribution in [0.1, 0.15) is 32.3 Å². The highest BCUT2D eigenvalue weighted by atomic mass is 16.2. The highest BCUT2D eigenvalue weighted by molar-refractivity contribution is 6.06. The Balaban J connectivity index is 1.43. The first-order chi connectivity index (χ1) is 11.5. The number of rotatable bonds is 5. The predicted molar refractivity (Wildman–Crippen MR) is 93.6 cm³/mol. The van der Waals surface area contributed by atoms with Crippen molar-refractivity contribution in [2.45, 2.75) is 38.6 Å². The fraction of sp³-hybridized carbons (Fsp3) is 0.579. The van der Waals surface area contributed by atoms with Gasteiger partial charge in [-0.05, 0) is 57.7 Å². The summed E-state index contributed by atoms with van der Waals surface area (Å²) in [4.78, 5) is 27.8. The van der Waals surface area contributed by atoms with Crippen molar-refractivity contribution in [1.29, 1.82) is 0 Å². The molecule has 2 aliphatic heterocycles. The third-order valence-corrected chi connectivity index (χ3v) is 5.16. The van der Waals surface area contributed by atoms with Crippen molar-refractivity contribution < 1.29 is 9.59 Å². The van der Waals surface area contributed by atoms with E-state index >= 15 is 0 Å². The molecule has 0 bridgehead atoms. The largest absolute Gasteiger partial charge is 0.325 e. The average molecular weight is 329 g/mol. The normalized spacial score (nSPS) is 22.0. The van der Waals surface area contributed by atoms with Gasteiger partial charge in [0, 0.05) is 13.1 Å². The van der Waals surface area contributed by atoms with Crippen LogP contribution in [0.3, 0.4) is 0 Å². The van der Waals surface area contributed by atoms with Crippen molar-refractivity contribution in [2.75, 3.05) is 26.2 Å². The number of carbonyl (C=O) groups is 2. The van der Waals surface area contributed by atoms with E-state index in [9.17, 15) is 9.59 Å². The zero-order valence-electron chi connectivity index (χ0n) is 14.6. The first-order valence-corrected chi connectivity index (χ1v) is 8.86. The van der Waals surface area contributed by atoms with Gasteiger partial charge < -0.3 is 10.2 Å². The lowest BCUT2D eigenvalue weighted by atomic mass is 9.90. The number of hydrogen-bond donors (Lipinski definition) is 1. The van der Waals surface area contributed by atoms with Crippen LogP contribution in [-0.2, 0) is 11.2 Å². The van der Waals surface area contributed by atoms with Gasteiger partial charge >= 0.3 is 6.03 Å². The molecule has 1 aromatic carbocycles. The molecule has 0 aromatic heterocycles. The number of benzene rings is 1. The molecule has 2 aliphatic rings. The summed E-state index contributed by atoms with van der Waals surface area (Å²) in [5, 5.41) is 2.73. The van der Waals surface area contributed by atoms with Gasteiger partial charge in [0.15, 0.2) is 0 Å². The average Bonchev–Trinajstić information content (AvgIpc) is 2.76. The van der Waals surface area contributed by atoms with E-state index in [1.807, 2.05) is 0 Å². The first kappa shape index (κ1) is 17.0. The first-order valence-electron chi connectivity index (χ1n) is 8.86. The third-order valence-electron chi connectivity index (χ3n) is 5.16. The van der Waals surface area contributed by atoms with Crippen LogP contribution in [0.2, 0.25) is 0 Å². The van der Waals surface area contributed by atoms with Crippen LogP contribution < -0.4 is 5.32 Å². The lowest BCUT2D eigenvalue weighted by Crippen LogP contribution is -2.43. The molecule has 0 atom stereocenters. The maximum Gasteiger partial charge on any atom is 0.325 e. The number of nitrogens with zero attached hydrogens (tertiary/aromatic N) is 2. The molecule has 5 nitrogen and oxygen atoms in total. The Morgan fingerprint density at radius 3 is 2.33 bits per heavy atom. The van der Waals surface area contributed by atoms with Crippen LogP contribution in [0.15, 0.2) is 30.3 Å². The van der Waals surface area contributed by atoms with Crippen LogP contribution in [0.4, 0.5) is 4.79 Å². The number of amides is 3. The summed E-state index contributed by atoms with van der Waals surface area (Å²) in [5.74, 6) is 0.616. The van der Waals surface area contributed by atoms with E-state index in [2.05, 4.69) is 40.5 Å². The number of carbonyl (C=O) groups excluding carboxylic acids is 2. The zero-order chi connectivity index (χ0) is 17.2. The summed E-state index contributed by atoms with van der Waals surface area (Å²) in [6.07, 6.45) is 3.51. The van der Waals surface area contributed by atoms with Crippen LogP contribution in [0.5, 0.6) is 0 Å². The summed E-state index contributed by atoms with van der Waals surface area (Å²) >= 11 is 0. The lowest BCUT2D eigenvalue weighted by Gasteiger charge is -2.32. The van der Waals surface area contributed by atoms with E-state index in [4.69, 9.17) is 0 Å². The van der Waals surface area contributed by atoms with Gasteiger partial charge in [0.2, 0.25) is 0 Å². The molecule has 0 saturated carbocycles. The van der Waals surface area contributed by atoms with E-state index < -0.39 is 5.54 Å². The molecule has 2 heterocycles. The Morgan fingerprint density at radius 2 is 1.75 bits per heavy atom. The molecule has 3 amide bonds. The van der Waals surface area contributed by atoms with Gasteiger partial charge in [0.25, 0.3) is 5.91 Å². The zero-order valence-corrected chi connectivity index (χ0v) is 14.6. The summed E-state index contributed by atoms with van der Waals surface area (Å²) in [6, 6.07) is 10.4. The van der Waals surface area contributed by atoms with Crippen LogP contribution in [0.25, 0.3) is 0 Å². The molecule has 0 spiro atoms. The third kappa shape index (κ3) is 3.78. The van der Waals surface area contributed by atoms with Gasteiger partial charge in [-0.3, -0.25) is 9.69 Å². The molecule has 0 aliphatic carbocycles. The molecule has 2 saturated heterocycles. The Labute approximate surface area is 144 Å². The maximum absolute atomic E-state index is 12.2. The molecule has 0 unspecified atom stereocenters. The second kappa shape index (κ2) is 6.93. The van der Waals surface area contributed by atoms with E-state index in [1.54, 1.807) is 13.8 Å². The van der Waals surface area contributed by atoms with Gasteiger partial charge in [-0.25, -0.2) is 4.79 Å². The molecule has 3 rings (SSSR count). The van der Waals surface area contributed by atoms with Crippen molar-refractivity contribution in [1.82, 2.24) is 15.1 Å². The van der Waals surface area contributed by atoms with Crippen LogP contribution in [0, 0.1) is 5.92 Å². The Bertz CT molecular complexity index is 592. The second-order valence-electron chi connectivity index (χ2n) is 7.49. The summed E-state index contributed by atoms with van der Waals surface area (Å²) < 4.78 is 0. The molecule has 24 heavy (non-hydrogen) atoms. The minimum absolute atomic E-state index is 0.119. The van der Waals surface area contributed by atoms with E-state index in [0.29, 0.717) is 6.54 Å². The van der Waals surface area contributed by atoms with Gasteiger partial charge in [0.05, 0.1) is 0 Å². The van der Waals surface area contributed by atoms with Crippen molar-refractivity contribution in [3.05, 3.63) is 35.9 Å². The van der Waals surface area contributed by atoms with Gasteiger partial charge in [-0.2, -0.15) is 0 Å². The molecular weight excluding hydrogens is 302 g/mol. The Kier molecular flexibility index (Phi) is 4.90. The number of hydrogen-bond acceptors (Lipinski definition) is 3. The number of urea groups is 1. The summed E-state index contributed by atoms with van der Waals surface area (Å²) in [6.45, 7) is 6.85. The summed E-state index contributed by atoms with van der Waals surface area (Å²) in [5.41, 5.74) is 0.650.